The van der Waals surface area contributed by atoms with Crippen LogP contribution in [0.25, 0.3) is 0 Å². The van der Waals surface area contributed by atoms with Crippen molar-refractivity contribution in [2.24, 2.45) is 0 Å². The smallest absolute Gasteiger partial charge is 0.151 e. The Bertz CT molecular complexity index is 127. The van der Waals surface area contributed by atoms with Crippen LogP contribution in [0.3, 0.4) is 0 Å². The van der Waals surface area contributed by atoms with Gasteiger partial charge >= 0.3 is 0 Å². The lowest BCUT2D eigenvalue weighted by Crippen LogP contribution is -2.23. The molecule has 0 bridgehead atoms. The van der Waals surface area contributed by atoms with E-state index >= 15 is 0 Å². The molecule has 0 radical (unpaired) electrons. The maximum atomic E-state index is 8.92. The average Bonchev–Trinajstić information content (AvgIpc) is 1.59. The summed E-state index contributed by atoms with van der Waals surface area (Å²) >= 11 is 6.54. The lowest BCUT2D eigenvalue weighted by Gasteiger charge is -2.43. The molecule has 0 heterocycles. The summed E-state index contributed by atoms with van der Waals surface area (Å²) in [5.41, 5.74) is 0. The summed E-state index contributed by atoms with van der Waals surface area (Å²) in [7, 11) is 0. The van der Waals surface area contributed by atoms with Crippen molar-refractivity contribution in [2.45, 2.75) is 0 Å². The molecule has 0 saturated carbocycles. The molecule has 2 N–H and O–H groups in total. The molecule has 0 spiro atoms. The number of rotatable bonds is 0. The van der Waals surface area contributed by atoms with Crippen molar-refractivity contribution in [2.75, 3.05) is 0 Å². The van der Waals surface area contributed by atoms with Crippen molar-refractivity contribution < 1.29 is 39.5 Å². The van der Waals surface area contributed by atoms with Crippen molar-refractivity contribution in [1.82, 2.24) is 0 Å². The summed E-state index contributed by atoms with van der Waals surface area (Å²) in [6.07, 6.45) is 0. The normalized spacial score (nSPS) is 10.3. The van der Waals surface area contributed by atoms with E-state index in [0.717, 1.165) is 0 Å². The highest BCUT2D eigenvalue weighted by atomic mass is 32.7. The molecular weight excluding hydrogens is 254 g/mol. The molecule has 0 fully saturated rings. The van der Waals surface area contributed by atoms with Gasteiger partial charge in [-0.05, 0) is 0 Å². The summed E-state index contributed by atoms with van der Waals surface area (Å²) < 4.78 is 8.92. The van der Waals surface area contributed by atoms with E-state index in [0.29, 0.717) is 0 Å². The van der Waals surface area contributed by atoms with Crippen molar-refractivity contribution in [3.8, 4) is 0 Å². The van der Waals surface area contributed by atoms with Gasteiger partial charge in [-0.15, -0.1) is 0 Å². The molecule has 0 aromatic carbocycles. The summed E-state index contributed by atoms with van der Waals surface area (Å²) in [6.45, 7) is -9.11. The Morgan fingerprint density at radius 1 is 1.08 bits per heavy atom. The van der Waals surface area contributed by atoms with Gasteiger partial charge in [0, 0.05) is 0 Å². The molecule has 0 aromatic heterocycles. The lowest BCUT2D eigenvalue weighted by atomic mass is 15.0. The van der Waals surface area contributed by atoms with Gasteiger partial charge in [0.25, 0.3) is 0 Å². The lowest BCUT2D eigenvalue weighted by molar-refractivity contribution is -0.411. The molecule has 12 heteroatoms. The molecular formula is H2O8P2S2-6. The van der Waals surface area contributed by atoms with E-state index in [1.54, 1.807) is 0 Å². The first-order chi connectivity index (χ1) is 5.00. The largest absolute Gasteiger partial charge is 0.844 e. The first kappa shape index (κ1) is 18.7. The van der Waals surface area contributed by atoms with Crippen LogP contribution >= 0.6 is 13.5 Å². The van der Waals surface area contributed by atoms with E-state index < -0.39 is 13.5 Å². The second kappa shape index (κ2) is 8.54. The van der Waals surface area contributed by atoms with Crippen LogP contribution in [0.2, 0.25) is 0 Å². The Kier molecular flexibility index (Phi) is 13.3. The Morgan fingerprint density at radius 2 is 1.08 bits per heavy atom. The standard InChI is InChI=1S/2H3O3PS.H2O2/c2*1-4(2,3)5;1-2/h2*(H3,1,2,3,5);1-2H/p-6. The van der Waals surface area contributed by atoms with Crippen LogP contribution in [0.1, 0.15) is 0 Å². The SMILES string of the molecule is O=P([O-])([O-])[S-].OO.[O-]P([O-])([O-])=S. The molecule has 0 aliphatic carbocycles. The topological polar surface area (TPSA) is 173 Å². The molecule has 0 aliphatic rings. The molecule has 0 unspecified atom stereocenters. The van der Waals surface area contributed by atoms with Crippen LogP contribution in [0.5, 0.6) is 0 Å². The molecule has 0 aliphatic heterocycles. The van der Waals surface area contributed by atoms with Crippen molar-refractivity contribution in [3.05, 3.63) is 0 Å². The minimum atomic E-state index is -4.56. The maximum absolute atomic E-state index is 8.92. The van der Waals surface area contributed by atoms with Crippen LogP contribution < -0.4 is 24.5 Å². The summed E-state index contributed by atoms with van der Waals surface area (Å²) in [5, 5.41) is 12.0. The van der Waals surface area contributed by atoms with E-state index in [9.17, 15) is 0 Å². The second-order valence-corrected chi connectivity index (χ2v) is 5.37. The van der Waals surface area contributed by atoms with Crippen LogP contribution in [-0.4, -0.2) is 10.5 Å². The summed E-state index contributed by atoms with van der Waals surface area (Å²) in [5.74, 6) is 0. The molecule has 0 atom stereocenters. The molecule has 0 aromatic rings. The van der Waals surface area contributed by atoms with Crippen LogP contribution in [0.15, 0.2) is 0 Å². The first-order valence-electron chi connectivity index (χ1n) is 1.66. The molecule has 0 rings (SSSR count). The van der Waals surface area contributed by atoms with Crippen LogP contribution in [-0.2, 0) is 28.6 Å². The van der Waals surface area contributed by atoms with E-state index in [-0.39, 0.29) is 0 Å². The maximum Gasteiger partial charge on any atom is -0.151 e. The molecule has 0 saturated heterocycles. The third-order valence-electron chi connectivity index (χ3n) is 0. The van der Waals surface area contributed by atoms with Gasteiger partial charge in [-0.1, -0.05) is 0 Å². The Hall–Kier alpha value is 0.950. The minimum Gasteiger partial charge on any atom is -0.844 e. The zero-order valence-corrected chi connectivity index (χ0v) is 8.48. The van der Waals surface area contributed by atoms with E-state index in [1.165, 1.54) is 0 Å². The number of hydrogen-bond donors (Lipinski definition) is 2. The monoisotopic (exact) mass is 256 g/mol. The molecule has 78 valence electrons. The van der Waals surface area contributed by atoms with Crippen molar-refractivity contribution in [3.63, 3.8) is 0 Å². The van der Waals surface area contributed by atoms with E-state index in [4.69, 9.17) is 39.5 Å². The Morgan fingerprint density at radius 3 is 1.08 bits per heavy atom. The fraction of sp³-hybridized carbons (Fsp3) is 0. The van der Waals surface area contributed by atoms with Gasteiger partial charge in [-0.25, -0.2) is 6.80 Å². The second-order valence-electron chi connectivity index (χ2n) is 0.894. The quantitative estimate of drug-likeness (QED) is 0.186. The van der Waals surface area contributed by atoms with Gasteiger partial charge < -0.3 is 48.0 Å². The zero-order valence-electron chi connectivity index (χ0n) is 5.05. The van der Waals surface area contributed by atoms with Crippen LogP contribution in [0, 0.1) is 0 Å². The predicted octanol–water partition coefficient (Wildman–Crippen LogP) is -4.33. The fourth-order valence-corrected chi connectivity index (χ4v) is 0. The number of hydrogen-bond acceptors (Lipinski definition) is 10. The van der Waals surface area contributed by atoms with E-state index in [1.807, 2.05) is 0 Å². The molecule has 12 heavy (non-hydrogen) atoms. The van der Waals surface area contributed by atoms with Crippen molar-refractivity contribution in [1.29, 1.82) is 0 Å². The minimum absolute atomic E-state index is 3.27. The van der Waals surface area contributed by atoms with Gasteiger partial charge in [-0.2, -0.15) is 11.8 Å². The van der Waals surface area contributed by atoms with Gasteiger partial charge in [-0.3, -0.25) is 10.5 Å². The van der Waals surface area contributed by atoms with Gasteiger partial charge in [0.1, 0.15) is 0 Å². The van der Waals surface area contributed by atoms with Gasteiger partial charge in [0.05, 0.1) is 0 Å². The van der Waals surface area contributed by atoms with Gasteiger partial charge in [0.2, 0.25) is 0 Å². The van der Waals surface area contributed by atoms with Gasteiger partial charge in [0.15, 0.2) is 0 Å². The zero-order chi connectivity index (χ0) is 11.0. The third kappa shape index (κ3) is 1200. The predicted molar refractivity (Wildman–Crippen MR) is 34.5 cm³/mol. The first-order valence-corrected chi connectivity index (χ1v) is 6.77. The summed E-state index contributed by atoms with van der Waals surface area (Å²) in [4.78, 5) is 44.6. The average molecular weight is 256 g/mol. The molecule has 0 amide bonds. The van der Waals surface area contributed by atoms with Crippen LogP contribution in [0.4, 0.5) is 0 Å². The highest BCUT2D eigenvalue weighted by Gasteiger charge is 1.42. The highest BCUT2D eigenvalue weighted by Crippen LogP contribution is 2.15. The third-order valence-corrected chi connectivity index (χ3v) is 0. The highest BCUT2D eigenvalue weighted by molar-refractivity contribution is 8.30. The Balaban J connectivity index is -0.000000112. The van der Waals surface area contributed by atoms with E-state index in [2.05, 4.69) is 24.1 Å². The summed E-state index contributed by atoms with van der Waals surface area (Å²) in [6, 6.07) is 0. The molecule has 8 nitrogen and oxygen atoms in total. The fourth-order valence-electron chi connectivity index (χ4n) is 0. The Labute approximate surface area is 77.6 Å². The van der Waals surface area contributed by atoms with Crippen molar-refractivity contribution >= 4 is 37.6 Å².